The van der Waals surface area contributed by atoms with Crippen molar-refractivity contribution < 1.29 is 14.7 Å². The van der Waals surface area contributed by atoms with Gasteiger partial charge in [-0.3, -0.25) is 9.78 Å². The zero-order chi connectivity index (χ0) is 21.4. The monoisotopic (exact) mass is 433 g/mol. The van der Waals surface area contributed by atoms with Crippen molar-refractivity contribution in [3.63, 3.8) is 0 Å². The van der Waals surface area contributed by atoms with Crippen LogP contribution >= 0.6 is 11.8 Å². The Balaban J connectivity index is 1.51. The topological polar surface area (TPSA) is 110 Å². The Morgan fingerprint density at radius 2 is 2.03 bits per heavy atom. The molecule has 8 nitrogen and oxygen atoms in total. The van der Waals surface area contributed by atoms with E-state index in [2.05, 4.69) is 20.4 Å². The SMILES string of the molecule is O=C1CCCC2=C1[C@H](c1ccc(C(=O)O)cc1)n1nc(SCc3ccccn3)nc1N2. The quantitative estimate of drug-likeness (QED) is 0.586. The Morgan fingerprint density at radius 1 is 1.19 bits per heavy atom. The number of nitrogens with zero attached hydrogens (tertiary/aromatic N) is 4. The number of fused-ring (bicyclic) bond motifs is 1. The van der Waals surface area contributed by atoms with Gasteiger partial charge in [-0.15, -0.1) is 5.10 Å². The molecule has 156 valence electrons. The number of anilines is 1. The van der Waals surface area contributed by atoms with Gasteiger partial charge in [-0.05, 0) is 42.7 Å². The number of hydrogen-bond acceptors (Lipinski definition) is 7. The van der Waals surface area contributed by atoms with Crippen LogP contribution in [0.3, 0.4) is 0 Å². The molecule has 0 radical (unpaired) electrons. The number of benzene rings is 1. The number of aromatic carboxylic acids is 1. The normalized spacial score (nSPS) is 17.7. The van der Waals surface area contributed by atoms with Gasteiger partial charge in [0.2, 0.25) is 11.1 Å². The Morgan fingerprint density at radius 3 is 2.77 bits per heavy atom. The van der Waals surface area contributed by atoms with E-state index >= 15 is 0 Å². The van der Waals surface area contributed by atoms with Gasteiger partial charge in [0.15, 0.2) is 5.78 Å². The predicted octanol–water partition coefficient (Wildman–Crippen LogP) is 3.69. The predicted molar refractivity (Wildman–Crippen MR) is 115 cm³/mol. The number of carboxylic acid groups (broad SMARTS) is 1. The maximum atomic E-state index is 12.8. The van der Waals surface area contributed by atoms with E-state index in [9.17, 15) is 14.7 Å². The first-order valence-corrected chi connectivity index (χ1v) is 10.9. The van der Waals surface area contributed by atoms with Gasteiger partial charge in [-0.1, -0.05) is 30.0 Å². The molecule has 1 aliphatic heterocycles. The van der Waals surface area contributed by atoms with E-state index in [-0.39, 0.29) is 11.3 Å². The van der Waals surface area contributed by atoms with Crippen LogP contribution in [-0.2, 0) is 10.5 Å². The number of carbonyl (C=O) groups is 2. The van der Waals surface area contributed by atoms with Crippen LogP contribution in [0, 0.1) is 0 Å². The van der Waals surface area contributed by atoms with Gasteiger partial charge >= 0.3 is 5.97 Å². The molecular formula is C22H19N5O3S. The van der Waals surface area contributed by atoms with Gasteiger partial charge in [0, 0.05) is 29.6 Å². The molecule has 0 fully saturated rings. The van der Waals surface area contributed by atoms with Gasteiger partial charge in [-0.25, -0.2) is 9.48 Å². The van der Waals surface area contributed by atoms with Crippen molar-refractivity contribution in [1.29, 1.82) is 0 Å². The minimum absolute atomic E-state index is 0.0879. The summed E-state index contributed by atoms with van der Waals surface area (Å²) in [5.41, 5.74) is 3.51. The summed E-state index contributed by atoms with van der Waals surface area (Å²) in [4.78, 5) is 33.1. The van der Waals surface area contributed by atoms with Crippen LogP contribution in [0.1, 0.15) is 46.9 Å². The highest BCUT2D eigenvalue weighted by molar-refractivity contribution is 7.98. The van der Waals surface area contributed by atoms with Crippen LogP contribution in [0.5, 0.6) is 0 Å². The fourth-order valence-corrected chi connectivity index (χ4v) is 4.68. The fraction of sp³-hybridized carbons (Fsp3) is 0.227. The molecule has 9 heteroatoms. The van der Waals surface area contributed by atoms with Crippen LogP contribution in [0.15, 0.2) is 65.1 Å². The molecule has 3 aromatic rings. The van der Waals surface area contributed by atoms with Gasteiger partial charge < -0.3 is 10.4 Å². The summed E-state index contributed by atoms with van der Waals surface area (Å²) in [6, 6.07) is 11.9. The number of thioether (sulfide) groups is 1. The fourth-order valence-electron chi connectivity index (χ4n) is 3.94. The highest BCUT2D eigenvalue weighted by Crippen LogP contribution is 2.40. The van der Waals surface area contributed by atoms with Crippen LogP contribution < -0.4 is 5.32 Å². The molecule has 0 amide bonds. The lowest BCUT2D eigenvalue weighted by Crippen LogP contribution is -2.31. The first-order valence-electron chi connectivity index (χ1n) is 9.96. The second-order valence-electron chi connectivity index (χ2n) is 7.40. The summed E-state index contributed by atoms with van der Waals surface area (Å²) in [6.45, 7) is 0. The maximum absolute atomic E-state index is 12.8. The molecule has 0 spiro atoms. The lowest BCUT2D eigenvalue weighted by atomic mass is 9.85. The van der Waals surface area contributed by atoms with Crippen LogP contribution in [-0.4, -0.2) is 36.6 Å². The number of pyridine rings is 1. The Hall–Kier alpha value is -3.46. The number of allylic oxidation sites excluding steroid dienone is 2. The minimum atomic E-state index is -0.986. The summed E-state index contributed by atoms with van der Waals surface area (Å²) >= 11 is 1.48. The Labute approximate surface area is 182 Å². The summed E-state index contributed by atoms with van der Waals surface area (Å²) in [6.07, 6.45) is 3.82. The third-order valence-corrected chi connectivity index (χ3v) is 6.27. The molecule has 1 aromatic carbocycles. The van der Waals surface area contributed by atoms with Crippen molar-refractivity contribution >= 4 is 29.5 Å². The Kier molecular flexibility index (Phi) is 5.03. The van der Waals surface area contributed by atoms with Crippen molar-refractivity contribution in [2.45, 2.75) is 36.2 Å². The number of carboxylic acids is 1. The largest absolute Gasteiger partial charge is 0.478 e. The van der Waals surface area contributed by atoms with Gasteiger partial charge in [0.1, 0.15) is 6.04 Å². The Bertz CT molecular complexity index is 1190. The third-order valence-electron chi connectivity index (χ3n) is 5.40. The smallest absolute Gasteiger partial charge is 0.335 e. The highest BCUT2D eigenvalue weighted by Gasteiger charge is 2.36. The number of hydrogen-bond donors (Lipinski definition) is 2. The van der Waals surface area contributed by atoms with Crippen LogP contribution in [0.25, 0.3) is 0 Å². The zero-order valence-electron chi connectivity index (χ0n) is 16.5. The highest BCUT2D eigenvalue weighted by atomic mass is 32.2. The lowest BCUT2D eigenvalue weighted by Gasteiger charge is -2.32. The standard InChI is InChI=1S/C22H19N5O3S/c28-17-6-3-5-16-18(17)19(13-7-9-14(10-8-13)20(29)30)27-21(24-16)25-22(26-27)31-12-15-4-1-2-11-23-15/h1-2,4,7-11,19H,3,5-6,12H2,(H,29,30)(H,24,25,26)/t19-/m0/s1. The summed E-state index contributed by atoms with van der Waals surface area (Å²) in [5, 5.41) is 17.8. The molecule has 0 saturated heterocycles. The van der Waals surface area contributed by atoms with Gasteiger partial charge in [0.05, 0.1) is 11.3 Å². The molecule has 0 bridgehead atoms. The molecule has 2 aromatic heterocycles. The minimum Gasteiger partial charge on any atom is -0.478 e. The summed E-state index contributed by atoms with van der Waals surface area (Å²) in [5.74, 6) is 0.322. The number of rotatable bonds is 5. The van der Waals surface area contributed by atoms with E-state index < -0.39 is 12.0 Å². The van der Waals surface area contributed by atoms with Crippen molar-refractivity contribution in [2.24, 2.45) is 0 Å². The molecule has 0 unspecified atom stereocenters. The number of Topliss-reactive ketones (excluding diaryl/α,β-unsaturated/α-hetero) is 1. The third kappa shape index (κ3) is 3.72. The van der Waals surface area contributed by atoms with E-state index in [4.69, 9.17) is 0 Å². The zero-order valence-corrected chi connectivity index (χ0v) is 17.3. The number of aromatic nitrogens is 4. The first kappa shape index (κ1) is 19.5. The molecule has 0 saturated carbocycles. The van der Waals surface area contributed by atoms with Crippen LogP contribution in [0.4, 0.5) is 5.95 Å². The van der Waals surface area contributed by atoms with Crippen molar-refractivity contribution in [3.8, 4) is 0 Å². The van der Waals surface area contributed by atoms with Gasteiger partial charge in [0.25, 0.3) is 0 Å². The molecule has 3 heterocycles. The van der Waals surface area contributed by atoms with E-state index in [1.54, 1.807) is 35.1 Å². The molecule has 1 atom stereocenters. The van der Waals surface area contributed by atoms with Crippen molar-refractivity contribution in [1.82, 2.24) is 19.7 Å². The summed E-state index contributed by atoms with van der Waals surface area (Å²) in [7, 11) is 0. The molecule has 31 heavy (non-hydrogen) atoms. The number of ketones is 1. The average molecular weight is 433 g/mol. The second-order valence-corrected chi connectivity index (χ2v) is 8.34. The van der Waals surface area contributed by atoms with Crippen LogP contribution in [0.2, 0.25) is 0 Å². The van der Waals surface area contributed by atoms with E-state index in [0.29, 0.717) is 28.9 Å². The number of nitrogens with one attached hydrogen (secondary N) is 1. The first-order chi connectivity index (χ1) is 15.1. The van der Waals surface area contributed by atoms with E-state index in [1.807, 2.05) is 18.2 Å². The molecule has 1 aliphatic carbocycles. The average Bonchev–Trinajstić information content (AvgIpc) is 3.20. The lowest BCUT2D eigenvalue weighted by molar-refractivity contribution is -0.116. The molecular weight excluding hydrogens is 414 g/mol. The number of carbonyl (C=O) groups excluding carboxylic acids is 1. The summed E-state index contributed by atoms with van der Waals surface area (Å²) < 4.78 is 1.73. The molecule has 2 aliphatic rings. The molecule has 5 rings (SSSR count). The van der Waals surface area contributed by atoms with Gasteiger partial charge in [-0.2, -0.15) is 4.98 Å². The maximum Gasteiger partial charge on any atom is 0.335 e. The van der Waals surface area contributed by atoms with E-state index in [0.717, 1.165) is 29.8 Å². The van der Waals surface area contributed by atoms with E-state index in [1.165, 1.54) is 11.8 Å². The van der Waals surface area contributed by atoms with Crippen molar-refractivity contribution in [2.75, 3.05) is 5.32 Å². The molecule has 2 N–H and O–H groups in total. The van der Waals surface area contributed by atoms with Crippen molar-refractivity contribution in [3.05, 3.63) is 76.8 Å². The second kappa shape index (κ2) is 7.99.